The van der Waals surface area contributed by atoms with Crippen LogP contribution in [0.3, 0.4) is 0 Å². The molecule has 1 aliphatic rings. The van der Waals surface area contributed by atoms with Crippen molar-refractivity contribution in [2.45, 2.75) is 33.6 Å². The maximum Gasteiger partial charge on any atom is 0.0549 e. The molecule has 0 saturated carbocycles. The SMILES string of the molecule is C/C=C\c1cccc(-n2c3c(c4cc5c(cc42)c2ccccc2n5-c2cccc4ccccc24)C=CCC(C)C3)c1C. The first-order valence-electron chi connectivity index (χ1n) is 15.1. The van der Waals surface area contributed by atoms with Crippen molar-refractivity contribution in [3.8, 4) is 11.4 Å². The summed E-state index contributed by atoms with van der Waals surface area (Å²) in [6.45, 7) is 6.74. The van der Waals surface area contributed by atoms with Gasteiger partial charge in [0.05, 0.1) is 22.2 Å². The summed E-state index contributed by atoms with van der Waals surface area (Å²) in [6, 6.07) is 35.9. The summed E-state index contributed by atoms with van der Waals surface area (Å²) in [4.78, 5) is 0. The topological polar surface area (TPSA) is 9.86 Å². The Morgan fingerprint density at radius 1 is 0.690 bits per heavy atom. The van der Waals surface area contributed by atoms with Gasteiger partial charge in [0.25, 0.3) is 0 Å². The van der Waals surface area contributed by atoms with Crippen LogP contribution in [0.15, 0.2) is 109 Å². The second kappa shape index (κ2) is 9.63. The first kappa shape index (κ1) is 24.9. The molecule has 2 heterocycles. The van der Waals surface area contributed by atoms with Crippen molar-refractivity contribution in [1.82, 2.24) is 9.13 Å². The third kappa shape index (κ3) is 3.65. The highest BCUT2D eigenvalue weighted by atomic mass is 15.0. The zero-order valence-corrected chi connectivity index (χ0v) is 24.4. The van der Waals surface area contributed by atoms with Crippen LogP contribution in [0.1, 0.15) is 42.7 Å². The van der Waals surface area contributed by atoms with Gasteiger partial charge >= 0.3 is 0 Å². The Kier molecular flexibility index (Phi) is 5.72. The molecule has 0 radical (unpaired) electrons. The lowest BCUT2D eigenvalue weighted by molar-refractivity contribution is 0.581. The molecule has 0 aliphatic heterocycles. The van der Waals surface area contributed by atoms with Gasteiger partial charge in [0.15, 0.2) is 0 Å². The van der Waals surface area contributed by atoms with Crippen LogP contribution < -0.4 is 0 Å². The highest BCUT2D eigenvalue weighted by Gasteiger charge is 2.24. The molecule has 0 saturated heterocycles. The minimum Gasteiger partial charge on any atom is -0.313 e. The predicted octanol–water partition coefficient (Wildman–Crippen LogP) is 10.8. The van der Waals surface area contributed by atoms with E-state index in [1.165, 1.54) is 77.2 Å². The molecule has 42 heavy (non-hydrogen) atoms. The summed E-state index contributed by atoms with van der Waals surface area (Å²) in [5.74, 6) is 0.587. The average molecular weight is 543 g/mol. The van der Waals surface area contributed by atoms with Crippen molar-refractivity contribution >= 4 is 55.6 Å². The fourth-order valence-electron chi connectivity index (χ4n) is 7.23. The smallest absolute Gasteiger partial charge is 0.0549 e. The van der Waals surface area contributed by atoms with Gasteiger partial charge in [0.1, 0.15) is 0 Å². The van der Waals surface area contributed by atoms with Crippen LogP contribution in [-0.2, 0) is 6.42 Å². The van der Waals surface area contributed by atoms with Gasteiger partial charge in [-0.15, -0.1) is 0 Å². The Morgan fingerprint density at radius 2 is 1.40 bits per heavy atom. The fraction of sp³-hybridized carbons (Fsp3) is 0.150. The number of aromatic nitrogens is 2. The van der Waals surface area contributed by atoms with Crippen LogP contribution in [0.25, 0.3) is 67.0 Å². The van der Waals surface area contributed by atoms with Gasteiger partial charge in [0.2, 0.25) is 0 Å². The molecule has 2 aromatic heterocycles. The molecule has 0 bridgehead atoms. The molecule has 2 nitrogen and oxygen atoms in total. The minimum absolute atomic E-state index is 0.587. The van der Waals surface area contributed by atoms with Gasteiger partial charge in [-0.1, -0.05) is 98.0 Å². The molecule has 2 heteroatoms. The molecule has 0 spiro atoms. The van der Waals surface area contributed by atoms with Crippen LogP contribution in [-0.4, -0.2) is 9.13 Å². The van der Waals surface area contributed by atoms with E-state index in [0.29, 0.717) is 5.92 Å². The standard InChI is InChI=1S/C40H34N2/c1-4-12-28-15-10-21-35(27(28)3)41-38-23-26(2)13-9-19-32(38)34-25-40-33(24-39(34)41)31-18-7-8-20-37(31)42(40)36-22-11-16-29-14-5-6-17-30(29)36/h4-12,14-22,24-26H,13,23H2,1-3H3/b12-4-. The number of hydrogen-bond acceptors (Lipinski definition) is 0. The van der Waals surface area contributed by atoms with Gasteiger partial charge in [-0.2, -0.15) is 0 Å². The number of rotatable bonds is 3. The summed E-state index contributed by atoms with van der Waals surface area (Å²) in [5, 5.41) is 6.43. The summed E-state index contributed by atoms with van der Waals surface area (Å²) in [6.07, 6.45) is 11.3. The largest absolute Gasteiger partial charge is 0.313 e. The quantitative estimate of drug-likeness (QED) is 0.210. The van der Waals surface area contributed by atoms with Gasteiger partial charge < -0.3 is 9.13 Å². The van der Waals surface area contributed by atoms with Gasteiger partial charge in [0, 0.05) is 38.5 Å². The van der Waals surface area contributed by atoms with Crippen molar-refractivity contribution < 1.29 is 0 Å². The van der Waals surface area contributed by atoms with Crippen LogP contribution in [0.4, 0.5) is 0 Å². The lowest BCUT2D eigenvalue weighted by Crippen LogP contribution is -2.07. The summed E-state index contributed by atoms with van der Waals surface area (Å²) in [5.41, 5.74) is 11.6. The first-order valence-corrected chi connectivity index (χ1v) is 15.1. The van der Waals surface area contributed by atoms with Gasteiger partial charge in [-0.3, -0.25) is 0 Å². The number of nitrogens with zero attached hydrogens (tertiary/aromatic N) is 2. The van der Waals surface area contributed by atoms with Gasteiger partial charge in [-0.05, 0) is 79.5 Å². The highest BCUT2D eigenvalue weighted by molar-refractivity contribution is 6.15. The zero-order chi connectivity index (χ0) is 28.4. The van der Waals surface area contributed by atoms with E-state index in [1.807, 2.05) is 0 Å². The Bertz CT molecular complexity index is 2230. The Balaban J connectivity index is 1.53. The molecule has 0 fully saturated rings. The lowest BCUT2D eigenvalue weighted by atomic mass is 10.0. The number of hydrogen-bond donors (Lipinski definition) is 0. The molecule has 8 rings (SSSR count). The molecular formula is C40H34N2. The first-order chi connectivity index (χ1) is 20.6. The Morgan fingerprint density at radius 3 is 2.29 bits per heavy atom. The van der Waals surface area contributed by atoms with E-state index in [2.05, 4.69) is 151 Å². The van der Waals surface area contributed by atoms with E-state index in [0.717, 1.165) is 12.8 Å². The van der Waals surface area contributed by atoms with Crippen molar-refractivity contribution in [3.63, 3.8) is 0 Å². The lowest BCUT2D eigenvalue weighted by Gasteiger charge is -2.17. The Hall–Kier alpha value is -4.82. The third-order valence-electron chi connectivity index (χ3n) is 9.21. The van der Waals surface area contributed by atoms with E-state index in [4.69, 9.17) is 0 Å². The third-order valence-corrected chi connectivity index (χ3v) is 9.21. The van der Waals surface area contributed by atoms with E-state index in [1.54, 1.807) is 0 Å². The molecule has 204 valence electrons. The maximum absolute atomic E-state index is 2.57. The Labute approximate surface area is 246 Å². The fourth-order valence-corrected chi connectivity index (χ4v) is 7.23. The van der Waals surface area contributed by atoms with Crippen LogP contribution >= 0.6 is 0 Å². The normalized spacial score (nSPS) is 15.4. The van der Waals surface area contributed by atoms with Crippen molar-refractivity contribution in [2.24, 2.45) is 5.92 Å². The van der Waals surface area contributed by atoms with E-state index in [9.17, 15) is 0 Å². The summed E-state index contributed by atoms with van der Waals surface area (Å²) in [7, 11) is 0. The maximum atomic E-state index is 2.57. The molecule has 0 amide bonds. The van der Waals surface area contributed by atoms with Crippen molar-refractivity contribution in [3.05, 3.63) is 132 Å². The predicted molar refractivity (Wildman–Crippen MR) is 181 cm³/mol. The number of para-hydroxylation sites is 1. The van der Waals surface area contributed by atoms with Crippen LogP contribution in [0.2, 0.25) is 0 Å². The monoisotopic (exact) mass is 542 g/mol. The second-order valence-corrected chi connectivity index (χ2v) is 11.9. The molecule has 7 aromatic rings. The number of benzene rings is 5. The van der Waals surface area contributed by atoms with E-state index >= 15 is 0 Å². The highest BCUT2D eigenvalue weighted by Crippen LogP contribution is 2.42. The summed E-state index contributed by atoms with van der Waals surface area (Å²) >= 11 is 0. The van der Waals surface area contributed by atoms with Crippen molar-refractivity contribution in [1.29, 1.82) is 0 Å². The number of fused-ring (bicyclic) bond motifs is 7. The van der Waals surface area contributed by atoms with Crippen LogP contribution in [0, 0.1) is 12.8 Å². The zero-order valence-electron chi connectivity index (χ0n) is 24.4. The molecule has 0 N–H and O–H groups in total. The second-order valence-electron chi connectivity index (χ2n) is 11.9. The average Bonchev–Trinajstić information content (AvgIpc) is 3.39. The van der Waals surface area contributed by atoms with Gasteiger partial charge in [-0.25, -0.2) is 0 Å². The summed E-state index contributed by atoms with van der Waals surface area (Å²) < 4.78 is 5.06. The van der Waals surface area contributed by atoms with E-state index < -0.39 is 0 Å². The van der Waals surface area contributed by atoms with Crippen molar-refractivity contribution in [2.75, 3.05) is 0 Å². The number of allylic oxidation sites excluding steroid dienone is 2. The minimum atomic E-state index is 0.587. The molecule has 1 aliphatic carbocycles. The molecular weight excluding hydrogens is 508 g/mol. The molecule has 1 unspecified atom stereocenters. The van der Waals surface area contributed by atoms with Crippen LogP contribution in [0.5, 0.6) is 0 Å². The molecule has 5 aromatic carbocycles. The molecule has 1 atom stereocenters. The van der Waals surface area contributed by atoms with E-state index in [-0.39, 0.29) is 0 Å².